The molecule has 1 fully saturated rings. The molecule has 74 valence electrons. The largest absolute Gasteiger partial charge is 0.486 e. The first-order valence-electron chi connectivity index (χ1n) is 4.72. The summed E-state index contributed by atoms with van der Waals surface area (Å²) in [6, 6.07) is 0.311. The zero-order valence-electron chi connectivity index (χ0n) is 7.72. The third-order valence-corrected chi connectivity index (χ3v) is 2.59. The fraction of sp³-hybridized carbons (Fsp3) is 0.556. The summed E-state index contributed by atoms with van der Waals surface area (Å²) in [5.41, 5.74) is 0. The number of ether oxygens (including phenoxy) is 2. The first-order valence-corrected chi connectivity index (χ1v) is 4.72. The van der Waals surface area contributed by atoms with E-state index in [1.165, 1.54) is 0 Å². The summed E-state index contributed by atoms with van der Waals surface area (Å²) in [4.78, 5) is 10.4. The molecule has 1 atom stereocenters. The van der Waals surface area contributed by atoms with Gasteiger partial charge in [-0.3, -0.25) is 0 Å². The van der Waals surface area contributed by atoms with Crippen LogP contribution in [0.2, 0.25) is 0 Å². The molecule has 3 rings (SSSR count). The zero-order valence-corrected chi connectivity index (χ0v) is 7.72. The molecule has 5 nitrogen and oxygen atoms in total. The number of fused-ring (bicyclic) bond motifs is 3. The predicted octanol–water partition coefficient (Wildman–Crippen LogP) is 0.0742. The number of anilines is 1. The number of morpholine rings is 1. The van der Waals surface area contributed by atoms with Gasteiger partial charge in [0.1, 0.15) is 12.9 Å². The number of aromatic nitrogens is 2. The average Bonchev–Trinajstić information content (AvgIpc) is 2.29. The number of nitrogens with zero attached hydrogens (tertiary/aromatic N) is 3. The minimum Gasteiger partial charge on any atom is -0.486 e. The van der Waals surface area contributed by atoms with Gasteiger partial charge in [-0.25, -0.2) is 9.97 Å². The normalized spacial score (nSPS) is 24.9. The van der Waals surface area contributed by atoms with E-state index < -0.39 is 0 Å². The highest BCUT2D eigenvalue weighted by Crippen LogP contribution is 2.31. The van der Waals surface area contributed by atoms with Crippen LogP contribution in [-0.2, 0) is 4.74 Å². The molecule has 0 bridgehead atoms. The Labute approximate surface area is 81.7 Å². The SMILES string of the molecule is c1ncc2c(n1)N1CCOCC1CO2. The van der Waals surface area contributed by atoms with Gasteiger partial charge in [-0.2, -0.15) is 0 Å². The molecule has 0 radical (unpaired) electrons. The lowest BCUT2D eigenvalue weighted by molar-refractivity contribution is 0.0695. The van der Waals surface area contributed by atoms with E-state index in [1.54, 1.807) is 12.5 Å². The van der Waals surface area contributed by atoms with E-state index in [0.717, 1.165) is 31.3 Å². The minimum absolute atomic E-state index is 0.311. The van der Waals surface area contributed by atoms with Crippen LogP contribution in [0.4, 0.5) is 5.82 Å². The van der Waals surface area contributed by atoms with Gasteiger partial charge in [0.25, 0.3) is 0 Å². The van der Waals surface area contributed by atoms with Crippen LogP contribution in [0.25, 0.3) is 0 Å². The Bertz CT molecular complexity index is 345. The van der Waals surface area contributed by atoms with Gasteiger partial charge in [-0.15, -0.1) is 0 Å². The highest BCUT2D eigenvalue weighted by molar-refractivity contribution is 5.53. The molecule has 1 saturated heterocycles. The maximum absolute atomic E-state index is 5.55. The zero-order chi connectivity index (χ0) is 9.38. The molecular weight excluding hydrogens is 182 g/mol. The predicted molar refractivity (Wildman–Crippen MR) is 49.5 cm³/mol. The Hall–Kier alpha value is -1.36. The van der Waals surface area contributed by atoms with Crippen molar-refractivity contribution in [2.75, 3.05) is 31.3 Å². The van der Waals surface area contributed by atoms with Gasteiger partial charge in [-0.05, 0) is 0 Å². The lowest BCUT2D eigenvalue weighted by Gasteiger charge is -2.39. The summed E-state index contributed by atoms with van der Waals surface area (Å²) in [5, 5.41) is 0. The molecule has 0 aliphatic carbocycles. The van der Waals surface area contributed by atoms with Crippen molar-refractivity contribution < 1.29 is 9.47 Å². The van der Waals surface area contributed by atoms with Crippen molar-refractivity contribution in [1.82, 2.24) is 9.97 Å². The van der Waals surface area contributed by atoms with Crippen molar-refractivity contribution in [2.45, 2.75) is 6.04 Å². The lowest BCUT2D eigenvalue weighted by atomic mass is 10.2. The molecule has 3 heterocycles. The molecule has 1 unspecified atom stereocenters. The fourth-order valence-electron chi connectivity index (χ4n) is 1.89. The summed E-state index contributed by atoms with van der Waals surface area (Å²) in [7, 11) is 0. The van der Waals surface area contributed by atoms with E-state index in [0.29, 0.717) is 12.6 Å². The minimum atomic E-state index is 0.311. The van der Waals surface area contributed by atoms with E-state index in [2.05, 4.69) is 14.9 Å². The molecule has 0 aromatic carbocycles. The molecule has 14 heavy (non-hydrogen) atoms. The second-order valence-corrected chi connectivity index (χ2v) is 3.44. The van der Waals surface area contributed by atoms with Gasteiger partial charge in [0.15, 0.2) is 11.6 Å². The van der Waals surface area contributed by atoms with Crippen LogP contribution in [0.1, 0.15) is 0 Å². The molecular formula is C9H11N3O2. The second kappa shape index (κ2) is 3.09. The Kier molecular flexibility index (Phi) is 1.77. The van der Waals surface area contributed by atoms with Crippen LogP contribution < -0.4 is 9.64 Å². The molecule has 2 aliphatic rings. The summed E-state index contributed by atoms with van der Waals surface area (Å²) >= 11 is 0. The monoisotopic (exact) mass is 193 g/mol. The van der Waals surface area contributed by atoms with Gasteiger partial charge in [-0.1, -0.05) is 0 Å². The summed E-state index contributed by atoms with van der Waals surface area (Å²) in [5.74, 6) is 1.69. The topological polar surface area (TPSA) is 47.5 Å². The molecule has 1 aromatic heterocycles. The molecule has 1 aromatic rings. The van der Waals surface area contributed by atoms with Gasteiger partial charge in [0.05, 0.1) is 25.5 Å². The van der Waals surface area contributed by atoms with Crippen molar-refractivity contribution in [1.29, 1.82) is 0 Å². The van der Waals surface area contributed by atoms with Crippen LogP contribution in [0.3, 0.4) is 0 Å². The van der Waals surface area contributed by atoms with Gasteiger partial charge in [0.2, 0.25) is 0 Å². The Morgan fingerprint density at radius 2 is 2.43 bits per heavy atom. The van der Waals surface area contributed by atoms with E-state index >= 15 is 0 Å². The Morgan fingerprint density at radius 1 is 1.43 bits per heavy atom. The molecule has 2 aliphatic heterocycles. The van der Waals surface area contributed by atoms with Crippen molar-refractivity contribution in [3.63, 3.8) is 0 Å². The van der Waals surface area contributed by atoms with Crippen molar-refractivity contribution in [2.24, 2.45) is 0 Å². The van der Waals surface area contributed by atoms with E-state index in [1.807, 2.05) is 0 Å². The fourth-order valence-corrected chi connectivity index (χ4v) is 1.89. The molecule has 0 saturated carbocycles. The van der Waals surface area contributed by atoms with Crippen LogP contribution in [0.5, 0.6) is 5.75 Å². The van der Waals surface area contributed by atoms with Crippen LogP contribution >= 0.6 is 0 Å². The van der Waals surface area contributed by atoms with E-state index in [9.17, 15) is 0 Å². The quantitative estimate of drug-likeness (QED) is 0.583. The van der Waals surface area contributed by atoms with Crippen molar-refractivity contribution >= 4 is 5.82 Å². The molecule has 5 heteroatoms. The van der Waals surface area contributed by atoms with Crippen LogP contribution in [0, 0.1) is 0 Å². The maximum Gasteiger partial charge on any atom is 0.180 e. The lowest BCUT2D eigenvalue weighted by Crippen LogP contribution is -2.51. The van der Waals surface area contributed by atoms with Crippen LogP contribution in [-0.4, -0.2) is 42.4 Å². The summed E-state index contributed by atoms with van der Waals surface area (Å²) in [6.07, 6.45) is 3.27. The van der Waals surface area contributed by atoms with E-state index in [4.69, 9.17) is 9.47 Å². The smallest absolute Gasteiger partial charge is 0.180 e. The maximum atomic E-state index is 5.55. The molecule has 0 N–H and O–H groups in total. The molecule has 0 amide bonds. The average molecular weight is 193 g/mol. The first kappa shape index (κ1) is 7.99. The molecule has 0 spiro atoms. The highest BCUT2D eigenvalue weighted by Gasteiger charge is 2.31. The number of hydrogen-bond donors (Lipinski definition) is 0. The van der Waals surface area contributed by atoms with Gasteiger partial charge in [0, 0.05) is 6.54 Å². The van der Waals surface area contributed by atoms with Crippen LogP contribution in [0.15, 0.2) is 12.5 Å². The van der Waals surface area contributed by atoms with Crippen molar-refractivity contribution in [3.8, 4) is 5.75 Å². The Morgan fingerprint density at radius 3 is 3.43 bits per heavy atom. The number of rotatable bonds is 0. The summed E-state index contributed by atoms with van der Waals surface area (Å²) in [6.45, 7) is 3.04. The standard InChI is InChI=1S/C9H11N3O2/c1-2-13-4-7-5-14-8-3-10-6-11-9(8)12(1)7/h3,6-7H,1-2,4-5H2. The van der Waals surface area contributed by atoms with Gasteiger partial charge < -0.3 is 14.4 Å². The highest BCUT2D eigenvalue weighted by atomic mass is 16.5. The first-order chi connectivity index (χ1) is 6.95. The second-order valence-electron chi connectivity index (χ2n) is 3.44. The van der Waals surface area contributed by atoms with Crippen molar-refractivity contribution in [3.05, 3.63) is 12.5 Å². The van der Waals surface area contributed by atoms with Gasteiger partial charge >= 0.3 is 0 Å². The summed E-state index contributed by atoms with van der Waals surface area (Å²) < 4.78 is 10.9. The number of hydrogen-bond acceptors (Lipinski definition) is 5. The van der Waals surface area contributed by atoms with E-state index in [-0.39, 0.29) is 0 Å². The third-order valence-electron chi connectivity index (χ3n) is 2.59. The Balaban J connectivity index is 1.99. The third kappa shape index (κ3) is 1.13.